The second kappa shape index (κ2) is 11.9. The van der Waals surface area contributed by atoms with Crippen molar-refractivity contribution in [2.75, 3.05) is 41.0 Å². The second-order valence-electron chi connectivity index (χ2n) is 9.01. The fourth-order valence-electron chi connectivity index (χ4n) is 4.78. The number of benzene rings is 1. The summed E-state index contributed by atoms with van der Waals surface area (Å²) in [6.07, 6.45) is 9.75. The molecule has 1 aliphatic rings. The van der Waals surface area contributed by atoms with Crippen LogP contribution in [0, 0.1) is 0 Å². The van der Waals surface area contributed by atoms with E-state index in [4.69, 9.17) is 19.2 Å². The number of nitrogens with one attached hydrogen (secondary N) is 1. The van der Waals surface area contributed by atoms with Gasteiger partial charge < -0.3 is 23.9 Å². The molecule has 36 heavy (non-hydrogen) atoms. The van der Waals surface area contributed by atoms with E-state index in [2.05, 4.69) is 16.8 Å². The van der Waals surface area contributed by atoms with Crippen LogP contribution in [0.5, 0.6) is 17.2 Å². The van der Waals surface area contributed by atoms with E-state index < -0.39 is 0 Å². The summed E-state index contributed by atoms with van der Waals surface area (Å²) in [7, 11) is 4.82. The summed E-state index contributed by atoms with van der Waals surface area (Å²) in [5.74, 6) is 1.55. The highest BCUT2D eigenvalue weighted by atomic mass is 16.5. The standard InChI is InChI=1S/C28H36N4O4/c1-5-13-29-28(33)20-11-12-25-30-26(21-16-23(34-2)27(36-4)24(17-21)35-3)22(32(25)18-20)19-31-14-9-7-6-8-10-15-31/h5,11-12,16-18H,1,6-10,13-15,19H2,2-4H3,(H,29,33). The average Bonchev–Trinajstić information content (AvgIpc) is 3.25. The van der Waals surface area contributed by atoms with Gasteiger partial charge in [-0.3, -0.25) is 9.69 Å². The molecule has 0 unspecified atom stereocenters. The maximum Gasteiger partial charge on any atom is 0.253 e. The van der Waals surface area contributed by atoms with E-state index in [0.29, 0.717) is 29.4 Å². The van der Waals surface area contributed by atoms with Crippen LogP contribution >= 0.6 is 0 Å². The number of methoxy groups -OCH3 is 3. The number of ether oxygens (including phenoxy) is 3. The van der Waals surface area contributed by atoms with Crippen LogP contribution in [0.25, 0.3) is 16.9 Å². The van der Waals surface area contributed by atoms with Gasteiger partial charge in [0.2, 0.25) is 5.75 Å². The van der Waals surface area contributed by atoms with Crippen LogP contribution in [-0.4, -0.2) is 61.2 Å². The van der Waals surface area contributed by atoms with Crippen molar-refractivity contribution in [1.82, 2.24) is 19.6 Å². The molecule has 1 aromatic carbocycles. The molecule has 4 rings (SSSR count). The Bertz CT molecular complexity index is 1190. The Morgan fingerprint density at radius 3 is 2.31 bits per heavy atom. The van der Waals surface area contributed by atoms with Crippen LogP contribution in [0.4, 0.5) is 0 Å². The first kappa shape index (κ1) is 25.6. The Labute approximate surface area is 212 Å². The molecule has 3 aromatic rings. The van der Waals surface area contributed by atoms with Crippen molar-refractivity contribution in [1.29, 1.82) is 0 Å². The number of carbonyl (C=O) groups excluding carboxylic acids is 1. The molecule has 0 bridgehead atoms. The van der Waals surface area contributed by atoms with Crippen LogP contribution in [0.1, 0.15) is 48.2 Å². The summed E-state index contributed by atoms with van der Waals surface area (Å²) in [6.45, 7) is 6.91. The summed E-state index contributed by atoms with van der Waals surface area (Å²) in [5, 5.41) is 2.86. The summed E-state index contributed by atoms with van der Waals surface area (Å²) in [6, 6.07) is 7.55. The highest BCUT2D eigenvalue weighted by Crippen LogP contribution is 2.42. The SMILES string of the molecule is C=CCNC(=O)c1ccc2nc(-c3cc(OC)c(OC)c(OC)c3)c(CN3CCCCCCC3)n2c1. The van der Waals surface area contributed by atoms with Crippen molar-refractivity contribution in [2.24, 2.45) is 0 Å². The maximum atomic E-state index is 12.7. The minimum absolute atomic E-state index is 0.142. The lowest BCUT2D eigenvalue weighted by atomic mass is 10.1. The van der Waals surface area contributed by atoms with Gasteiger partial charge in [0.15, 0.2) is 11.5 Å². The van der Waals surface area contributed by atoms with E-state index in [1.807, 2.05) is 28.8 Å². The van der Waals surface area contributed by atoms with E-state index in [1.54, 1.807) is 33.5 Å². The average molecular weight is 493 g/mol. The highest BCUT2D eigenvalue weighted by Gasteiger charge is 2.22. The lowest BCUT2D eigenvalue weighted by Crippen LogP contribution is -2.28. The van der Waals surface area contributed by atoms with E-state index in [1.165, 1.54) is 32.1 Å². The fraction of sp³-hybridized carbons (Fsp3) is 0.429. The van der Waals surface area contributed by atoms with E-state index >= 15 is 0 Å². The lowest BCUT2D eigenvalue weighted by molar-refractivity contribution is 0.0957. The summed E-state index contributed by atoms with van der Waals surface area (Å²) in [4.78, 5) is 20.2. The molecular formula is C28H36N4O4. The minimum Gasteiger partial charge on any atom is -0.493 e. The van der Waals surface area contributed by atoms with Gasteiger partial charge in [-0.05, 0) is 50.2 Å². The summed E-state index contributed by atoms with van der Waals surface area (Å²) in [5.41, 5.74) is 4.08. The summed E-state index contributed by atoms with van der Waals surface area (Å²) < 4.78 is 18.8. The number of amides is 1. The van der Waals surface area contributed by atoms with Gasteiger partial charge >= 0.3 is 0 Å². The third-order valence-corrected chi connectivity index (χ3v) is 6.65. The molecule has 0 atom stereocenters. The second-order valence-corrected chi connectivity index (χ2v) is 9.01. The van der Waals surface area contributed by atoms with Crippen molar-refractivity contribution < 1.29 is 19.0 Å². The predicted molar refractivity (Wildman–Crippen MR) is 141 cm³/mol. The highest BCUT2D eigenvalue weighted by molar-refractivity contribution is 5.94. The fourth-order valence-corrected chi connectivity index (χ4v) is 4.78. The zero-order valence-electron chi connectivity index (χ0n) is 21.5. The number of pyridine rings is 1. The van der Waals surface area contributed by atoms with E-state index in [9.17, 15) is 4.79 Å². The molecule has 1 fully saturated rings. The maximum absolute atomic E-state index is 12.7. The number of hydrogen-bond donors (Lipinski definition) is 1. The number of likely N-dealkylation sites (tertiary alicyclic amines) is 1. The largest absolute Gasteiger partial charge is 0.493 e. The summed E-state index contributed by atoms with van der Waals surface area (Å²) >= 11 is 0. The third-order valence-electron chi connectivity index (χ3n) is 6.65. The first-order valence-electron chi connectivity index (χ1n) is 12.5. The number of nitrogens with zero attached hydrogens (tertiary/aromatic N) is 3. The number of aromatic nitrogens is 2. The lowest BCUT2D eigenvalue weighted by Gasteiger charge is -2.25. The molecule has 3 heterocycles. The molecule has 0 radical (unpaired) electrons. The van der Waals surface area contributed by atoms with Crippen LogP contribution in [-0.2, 0) is 6.54 Å². The Kier molecular flexibility index (Phi) is 8.48. The molecule has 192 valence electrons. The van der Waals surface area contributed by atoms with Crippen molar-refractivity contribution >= 4 is 11.6 Å². The normalized spacial score (nSPS) is 14.6. The topological polar surface area (TPSA) is 77.3 Å². The Balaban J connectivity index is 1.84. The molecule has 8 heteroatoms. The Hall–Kier alpha value is -3.52. The zero-order valence-corrected chi connectivity index (χ0v) is 21.5. The molecule has 0 saturated carbocycles. The Morgan fingerprint density at radius 2 is 1.69 bits per heavy atom. The van der Waals surface area contributed by atoms with Crippen molar-refractivity contribution in [3.63, 3.8) is 0 Å². The first-order valence-corrected chi connectivity index (χ1v) is 12.5. The molecule has 1 aliphatic heterocycles. The number of hydrogen-bond acceptors (Lipinski definition) is 6. The molecule has 0 spiro atoms. The van der Waals surface area contributed by atoms with Gasteiger partial charge in [0, 0.05) is 24.8 Å². The zero-order chi connectivity index (χ0) is 25.5. The molecule has 2 aromatic heterocycles. The van der Waals surface area contributed by atoms with Crippen LogP contribution in [0.15, 0.2) is 43.1 Å². The van der Waals surface area contributed by atoms with Gasteiger partial charge in [-0.1, -0.05) is 25.3 Å². The number of carbonyl (C=O) groups is 1. The molecular weight excluding hydrogens is 456 g/mol. The van der Waals surface area contributed by atoms with Gasteiger partial charge in [0.25, 0.3) is 5.91 Å². The van der Waals surface area contributed by atoms with Gasteiger partial charge in [-0.25, -0.2) is 4.98 Å². The van der Waals surface area contributed by atoms with Crippen molar-refractivity contribution in [3.05, 3.63) is 54.4 Å². The van der Waals surface area contributed by atoms with Crippen LogP contribution in [0.3, 0.4) is 0 Å². The predicted octanol–water partition coefficient (Wildman–Crippen LogP) is 4.71. The number of imidazole rings is 1. The first-order chi connectivity index (χ1) is 17.6. The number of rotatable bonds is 9. The number of fused-ring (bicyclic) bond motifs is 1. The van der Waals surface area contributed by atoms with Crippen molar-refractivity contribution in [3.8, 4) is 28.5 Å². The van der Waals surface area contributed by atoms with Gasteiger partial charge in [0.1, 0.15) is 5.65 Å². The smallest absolute Gasteiger partial charge is 0.253 e. The monoisotopic (exact) mass is 492 g/mol. The van der Waals surface area contributed by atoms with E-state index in [-0.39, 0.29) is 5.91 Å². The van der Waals surface area contributed by atoms with Crippen LogP contribution < -0.4 is 19.5 Å². The molecule has 1 N–H and O–H groups in total. The van der Waals surface area contributed by atoms with Crippen molar-refractivity contribution in [2.45, 2.75) is 38.6 Å². The quantitative estimate of drug-likeness (QED) is 0.436. The molecule has 8 nitrogen and oxygen atoms in total. The van der Waals surface area contributed by atoms with Gasteiger partial charge in [0.05, 0.1) is 38.3 Å². The molecule has 1 amide bonds. The van der Waals surface area contributed by atoms with Crippen LogP contribution in [0.2, 0.25) is 0 Å². The molecule has 0 aliphatic carbocycles. The van der Waals surface area contributed by atoms with Gasteiger partial charge in [-0.15, -0.1) is 6.58 Å². The third kappa shape index (κ3) is 5.49. The molecule has 1 saturated heterocycles. The van der Waals surface area contributed by atoms with Gasteiger partial charge in [-0.2, -0.15) is 0 Å². The Morgan fingerprint density at radius 1 is 1.03 bits per heavy atom. The van der Waals surface area contributed by atoms with E-state index in [0.717, 1.165) is 42.2 Å². The minimum atomic E-state index is -0.142.